The van der Waals surface area contributed by atoms with E-state index in [0.717, 1.165) is 31.9 Å². The van der Waals surface area contributed by atoms with Gasteiger partial charge in [0.05, 0.1) is 6.54 Å². The van der Waals surface area contributed by atoms with E-state index in [-0.39, 0.29) is 5.91 Å². The van der Waals surface area contributed by atoms with Crippen LogP contribution < -0.4 is 5.32 Å². The maximum absolute atomic E-state index is 12.3. The Morgan fingerprint density at radius 3 is 2.52 bits per heavy atom. The number of hydrogen-bond acceptors (Lipinski definition) is 3. The average molecular weight is 289 g/mol. The van der Waals surface area contributed by atoms with E-state index in [0.29, 0.717) is 12.5 Å². The van der Waals surface area contributed by atoms with Crippen molar-refractivity contribution in [3.63, 3.8) is 0 Å². The van der Waals surface area contributed by atoms with Gasteiger partial charge < -0.3 is 15.1 Å². The number of hydrogen-bond donors (Lipinski definition) is 1. The van der Waals surface area contributed by atoms with Crippen molar-refractivity contribution in [3.05, 3.63) is 29.3 Å². The van der Waals surface area contributed by atoms with Crippen molar-refractivity contribution in [1.82, 2.24) is 9.80 Å². The molecule has 1 N–H and O–H groups in total. The van der Waals surface area contributed by atoms with Crippen LogP contribution in [0.4, 0.5) is 5.69 Å². The molecule has 1 aromatic carbocycles. The van der Waals surface area contributed by atoms with Crippen molar-refractivity contribution in [2.24, 2.45) is 0 Å². The number of likely N-dealkylation sites (N-methyl/N-ethyl adjacent to an activating group) is 1. The summed E-state index contributed by atoms with van der Waals surface area (Å²) in [5.41, 5.74) is 3.60. The molecule has 0 spiro atoms. The minimum atomic E-state index is 0.195. The van der Waals surface area contributed by atoms with Crippen LogP contribution in [0.25, 0.3) is 0 Å². The Labute approximate surface area is 128 Å². The summed E-state index contributed by atoms with van der Waals surface area (Å²) >= 11 is 0. The first kappa shape index (κ1) is 15.8. The molecule has 0 radical (unpaired) electrons. The fourth-order valence-corrected chi connectivity index (χ4v) is 2.74. The molecular formula is C17H27N3O. The Balaban J connectivity index is 1.98. The summed E-state index contributed by atoms with van der Waals surface area (Å²) in [4.78, 5) is 16.5. The van der Waals surface area contributed by atoms with Crippen LogP contribution >= 0.6 is 0 Å². The lowest BCUT2D eigenvalue weighted by Gasteiger charge is -2.32. The van der Waals surface area contributed by atoms with Gasteiger partial charge in [-0.2, -0.15) is 0 Å². The highest BCUT2D eigenvalue weighted by Crippen LogP contribution is 2.27. The fraction of sp³-hybridized carbons (Fsp3) is 0.588. The number of carbonyl (C=O) groups is 1. The van der Waals surface area contributed by atoms with Gasteiger partial charge in [0.15, 0.2) is 0 Å². The van der Waals surface area contributed by atoms with Gasteiger partial charge in [0, 0.05) is 31.9 Å². The SMILES string of the molecule is Cc1cccc(C(C)C)c1NCC(=O)N1CCN(C)CC1. The van der Waals surface area contributed by atoms with E-state index in [1.807, 2.05) is 4.90 Å². The third-order valence-corrected chi connectivity index (χ3v) is 4.20. The minimum absolute atomic E-state index is 0.195. The second-order valence-corrected chi connectivity index (χ2v) is 6.23. The van der Waals surface area contributed by atoms with Crippen molar-refractivity contribution in [2.45, 2.75) is 26.7 Å². The minimum Gasteiger partial charge on any atom is -0.376 e. The Bertz CT molecular complexity index is 491. The highest BCUT2D eigenvalue weighted by molar-refractivity contribution is 5.81. The molecule has 1 amide bonds. The first-order chi connectivity index (χ1) is 9.99. The summed E-state index contributed by atoms with van der Waals surface area (Å²) in [5.74, 6) is 0.646. The van der Waals surface area contributed by atoms with Crippen LogP contribution in [0.5, 0.6) is 0 Å². The third-order valence-electron chi connectivity index (χ3n) is 4.20. The van der Waals surface area contributed by atoms with Gasteiger partial charge in [-0.05, 0) is 31.0 Å². The summed E-state index contributed by atoms with van der Waals surface area (Å²) < 4.78 is 0. The van der Waals surface area contributed by atoms with Gasteiger partial charge in [-0.3, -0.25) is 4.79 Å². The zero-order chi connectivity index (χ0) is 15.4. The van der Waals surface area contributed by atoms with Gasteiger partial charge >= 0.3 is 0 Å². The molecule has 0 saturated carbocycles. The number of anilines is 1. The number of nitrogens with one attached hydrogen (secondary N) is 1. The smallest absolute Gasteiger partial charge is 0.241 e. The van der Waals surface area contributed by atoms with E-state index < -0.39 is 0 Å². The van der Waals surface area contributed by atoms with Gasteiger partial charge in [-0.1, -0.05) is 32.0 Å². The van der Waals surface area contributed by atoms with Gasteiger partial charge in [0.2, 0.25) is 5.91 Å². The molecule has 1 aliphatic heterocycles. The number of piperazine rings is 1. The molecule has 1 heterocycles. The summed E-state index contributed by atoms with van der Waals surface area (Å²) in [7, 11) is 2.10. The molecule has 21 heavy (non-hydrogen) atoms. The van der Waals surface area contributed by atoms with Gasteiger partial charge in [0.25, 0.3) is 0 Å². The molecule has 1 aliphatic rings. The lowest BCUT2D eigenvalue weighted by atomic mass is 9.98. The molecular weight excluding hydrogens is 262 g/mol. The van der Waals surface area contributed by atoms with Gasteiger partial charge in [-0.25, -0.2) is 0 Å². The standard InChI is InChI=1S/C17H27N3O/c1-13(2)15-7-5-6-14(3)17(15)18-12-16(21)20-10-8-19(4)9-11-20/h5-7,13,18H,8-12H2,1-4H3. The van der Waals surface area contributed by atoms with E-state index in [1.165, 1.54) is 11.1 Å². The number of benzene rings is 1. The fourth-order valence-electron chi connectivity index (χ4n) is 2.74. The van der Waals surface area contributed by atoms with E-state index >= 15 is 0 Å². The molecule has 0 unspecified atom stereocenters. The molecule has 0 aliphatic carbocycles. The molecule has 0 bridgehead atoms. The second kappa shape index (κ2) is 6.94. The zero-order valence-corrected chi connectivity index (χ0v) is 13.6. The van der Waals surface area contributed by atoms with Gasteiger partial charge in [0.1, 0.15) is 0 Å². The molecule has 116 valence electrons. The zero-order valence-electron chi connectivity index (χ0n) is 13.6. The molecule has 1 fully saturated rings. The number of carbonyl (C=O) groups excluding carboxylic acids is 1. The highest BCUT2D eigenvalue weighted by Gasteiger charge is 2.19. The van der Waals surface area contributed by atoms with Crippen LogP contribution in [0.3, 0.4) is 0 Å². The van der Waals surface area contributed by atoms with Crippen molar-refractivity contribution < 1.29 is 4.79 Å². The first-order valence-electron chi connectivity index (χ1n) is 7.78. The molecule has 4 nitrogen and oxygen atoms in total. The predicted octanol–water partition coefficient (Wildman–Crippen LogP) is 2.30. The number of amides is 1. The monoisotopic (exact) mass is 289 g/mol. The van der Waals surface area contributed by atoms with E-state index in [1.54, 1.807) is 0 Å². The Hall–Kier alpha value is -1.55. The van der Waals surface area contributed by atoms with Crippen LogP contribution in [0.1, 0.15) is 30.9 Å². The van der Waals surface area contributed by atoms with Crippen LogP contribution in [0, 0.1) is 6.92 Å². The summed E-state index contributed by atoms with van der Waals surface area (Å²) in [6.45, 7) is 10.4. The first-order valence-corrected chi connectivity index (χ1v) is 7.78. The summed E-state index contributed by atoms with van der Waals surface area (Å²) in [6.07, 6.45) is 0. The number of nitrogens with zero attached hydrogens (tertiary/aromatic N) is 2. The lowest BCUT2D eigenvalue weighted by molar-refractivity contribution is -0.130. The number of aryl methyl sites for hydroxylation is 1. The second-order valence-electron chi connectivity index (χ2n) is 6.23. The largest absolute Gasteiger partial charge is 0.376 e. The number of para-hydroxylation sites is 1. The molecule has 0 atom stereocenters. The van der Waals surface area contributed by atoms with Crippen molar-refractivity contribution in [1.29, 1.82) is 0 Å². The molecule has 4 heteroatoms. The Kier molecular flexibility index (Phi) is 5.23. The topological polar surface area (TPSA) is 35.6 Å². The van der Waals surface area contributed by atoms with Crippen molar-refractivity contribution in [3.8, 4) is 0 Å². The number of rotatable bonds is 4. The van der Waals surface area contributed by atoms with Crippen LogP contribution in [-0.4, -0.2) is 55.5 Å². The molecule has 1 saturated heterocycles. The van der Waals surface area contributed by atoms with E-state index in [2.05, 4.69) is 56.2 Å². The quantitative estimate of drug-likeness (QED) is 0.924. The maximum atomic E-state index is 12.3. The van der Waals surface area contributed by atoms with E-state index in [4.69, 9.17) is 0 Å². The third kappa shape index (κ3) is 3.97. The maximum Gasteiger partial charge on any atom is 0.241 e. The molecule has 1 aromatic rings. The average Bonchev–Trinajstić information content (AvgIpc) is 2.46. The highest BCUT2D eigenvalue weighted by atomic mass is 16.2. The normalized spacial score (nSPS) is 16.3. The van der Waals surface area contributed by atoms with Crippen molar-refractivity contribution in [2.75, 3.05) is 45.1 Å². The molecule has 0 aromatic heterocycles. The summed E-state index contributed by atoms with van der Waals surface area (Å²) in [6, 6.07) is 6.31. The van der Waals surface area contributed by atoms with Crippen molar-refractivity contribution >= 4 is 11.6 Å². The lowest BCUT2D eigenvalue weighted by Crippen LogP contribution is -2.48. The van der Waals surface area contributed by atoms with Gasteiger partial charge in [-0.15, -0.1) is 0 Å². The van der Waals surface area contributed by atoms with E-state index in [9.17, 15) is 4.79 Å². The summed E-state index contributed by atoms with van der Waals surface area (Å²) in [5, 5.41) is 3.37. The van der Waals surface area contributed by atoms with Crippen LogP contribution in [-0.2, 0) is 4.79 Å². The van der Waals surface area contributed by atoms with Crippen LogP contribution in [0.2, 0.25) is 0 Å². The van der Waals surface area contributed by atoms with Crippen LogP contribution in [0.15, 0.2) is 18.2 Å². The predicted molar refractivity (Wildman–Crippen MR) is 87.8 cm³/mol. The Morgan fingerprint density at radius 1 is 1.24 bits per heavy atom. The molecule has 2 rings (SSSR count). The Morgan fingerprint density at radius 2 is 1.90 bits per heavy atom.